The van der Waals surface area contributed by atoms with Crippen LogP contribution in [0.4, 0.5) is 0 Å². The summed E-state index contributed by atoms with van der Waals surface area (Å²) in [5.41, 5.74) is 0. The molecular weight excluding hydrogens is 274 g/mol. The fraction of sp³-hybridized carbons (Fsp3) is 0.818. The third kappa shape index (κ3) is 2.85. The number of alkyl halides is 1. The molecule has 0 saturated carbocycles. The molecule has 18 heavy (non-hydrogen) atoms. The second-order valence-corrected chi connectivity index (χ2v) is 8.19. The van der Waals surface area contributed by atoms with Crippen molar-refractivity contribution >= 4 is 21.4 Å². The molecule has 1 rings (SSSR count). The molecule has 0 spiro atoms. The van der Waals surface area contributed by atoms with Gasteiger partial charge in [-0.1, -0.05) is 13.8 Å². The lowest BCUT2D eigenvalue weighted by Crippen LogP contribution is -2.32. The highest BCUT2D eigenvalue weighted by molar-refractivity contribution is 7.91. The Bertz CT molecular complexity index is 520. The fourth-order valence-electron chi connectivity index (χ4n) is 1.60. The average Bonchev–Trinajstić information content (AvgIpc) is 2.58. The normalized spacial score (nSPS) is 13.3. The Balaban J connectivity index is 3.37. The van der Waals surface area contributed by atoms with Crippen molar-refractivity contribution in [1.29, 1.82) is 0 Å². The van der Waals surface area contributed by atoms with Crippen LogP contribution in [0.3, 0.4) is 0 Å². The van der Waals surface area contributed by atoms with Crippen LogP contribution in [0.2, 0.25) is 0 Å². The van der Waals surface area contributed by atoms with E-state index in [-0.39, 0.29) is 5.88 Å². The molecule has 0 saturated heterocycles. The third-order valence-electron chi connectivity index (χ3n) is 2.96. The van der Waals surface area contributed by atoms with Gasteiger partial charge in [0.25, 0.3) is 0 Å². The van der Waals surface area contributed by atoms with Crippen molar-refractivity contribution in [2.45, 2.75) is 44.9 Å². The van der Waals surface area contributed by atoms with Crippen LogP contribution in [0.25, 0.3) is 0 Å². The lowest BCUT2D eigenvalue weighted by atomic mass is 10.1. The molecule has 0 radical (unpaired) electrons. The molecule has 0 aliphatic heterocycles. The number of nitrogens with zero attached hydrogens (tertiary/aromatic N) is 3. The zero-order valence-corrected chi connectivity index (χ0v) is 13.0. The smallest absolute Gasteiger partial charge is 0.159 e. The fourth-order valence-corrected chi connectivity index (χ4v) is 2.28. The monoisotopic (exact) mass is 293 g/mol. The van der Waals surface area contributed by atoms with Gasteiger partial charge in [-0.15, -0.1) is 21.8 Å². The van der Waals surface area contributed by atoms with Gasteiger partial charge in [0.2, 0.25) is 0 Å². The summed E-state index contributed by atoms with van der Waals surface area (Å²) in [5.74, 6) is 1.64. The van der Waals surface area contributed by atoms with Gasteiger partial charge in [0.05, 0.1) is 5.88 Å². The van der Waals surface area contributed by atoms with E-state index in [2.05, 4.69) is 24.0 Å². The zero-order valence-electron chi connectivity index (χ0n) is 11.4. The maximum atomic E-state index is 11.9. The minimum absolute atomic E-state index is 0.222. The van der Waals surface area contributed by atoms with E-state index in [0.717, 1.165) is 0 Å². The van der Waals surface area contributed by atoms with E-state index in [4.69, 9.17) is 11.6 Å². The Morgan fingerprint density at radius 1 is 1.33 bits per heavy atom. The van der Waals surface area contributed by atoms with Crippen LogP contribution in [0.5, 0.6) is 0 Å². The standard InChI is InChI=1S/C11H20ClN3O2S/c1-8(2)7-15-9(6-12)13-14-10(15)11(3,4)18(5,16)17/h8H,6-7H2,1-5H3. The second-order valence-electron chi connectivity index (χ2n) is 5.36. The molecule has 7 heteroatoms. The molecular formula is C11H20ClN3O2S. The largest absolute Gasteiger partial charge is 0.312 e. The maximum Gasteiger partial charge on any atom is 0.159 e. The first kappa shape index (κ1) is 15.4. The molecule has 1 aromatic heterocycles. The Kier molecular flexibility index (Phi) is 4.43. The van der Waals surface area contributed by atoms with Crippen LogP contribution >= 0.6 is 11.6 Å². The Morgan fingerprint density at radius 3 is 2.28 bits per heavy atom. The Labute approximate surface area is 113 Å². The molecule has 0 amide bonds. The molecule has 0 fully saturated rings. The molecule has 0 bridgehead atoms. The van der Waals surface area contributed by atoms with Crippen molar-refractivity contribution < 1.29 is 8.42 Å². The number of hydrogen-bond donors (Lipinski definition) is 0. The number of aromatic nitrogens is 3. The highest BCUT2D eigenvalue weighted by atomic mass is 35.5. The molecule has 0 aliphatic carbocycles. The van der Waals surface area contributed by atoms with Crippen LogP contribution in [-0.4, -0.2) is 29.4 Å². The lowest BCUT2D eigenvalue weighted by Gasteiger charge is -2.23. The van der Waals surface area contributed by atoms with Crippen LogP contribution < -0.4 is 0 Å². The Hall–Kier alpha value is -0.620. The summed E-state index contributed by atoms with van der Waals surface area (Å²) in [6.45, 7) is 8.04. The quantitative estimate of drug-likeness (QED) is 0.778. The summed E-state index contributed by atoms with van der Waals surface area (Å²) in [6.07, 6.45) is 1.21. The van der Waals surface area contributed by atoms with Gasteiger partial charge in [-0.25, -0.2) is 8.42 Å². The number of sulfone groups is 1. The molecule has 0 aliphatic rings. The molecule has 0 aromatic carbocycles. The molecule has 0 N–H and O–H groups in total. The first-order chi connectivity index (χ1) is 8.11. The van der Waals surface area contributed by atoms with Gasteiger partial charge in [0.15, 0.2) is 15.7 Å². The third-order valence-corrected chi connectivity index (χ3v) is 5.24. The van der Waals surface area contributed by atoms with Gasteiger partial charge >= 0.3 is 0 Å². The molecule has 1 aromatic rings. The SMILES string of the molecule is CC(C)Cn1c(CCl)nnc1C(C)(C)S(C)(=O)=O. The molecule has 5 nitrogen and oxygen atoms in total. The Morgan fingerprint density at radius 2 is 1.89 bits per heavy atom. The summed E-state index contributed by atoms with van der Waals surface area (Å²) >= 11 is 5.82. The van der Waals surface area contributed by atoms with Crippen LogP contribution in [0.1, 0.15) is 39.3 Å². The number of halogens is 1. The number of rotatable bonds is 5. The van der Waals surface area contributed by atoms with Gasteiger partial charge in [-0.3, -0.25) is 0 Å². The van der Waals surface area contributed by atoms with Crippen LogP contribution in [0.15, 0.2) is 0 Å². The molecule has 0 unspecified atom stereocenters. The van der Waals surface area contributed by atoms with Crippen molar-refractivity contribution in [2.24, 2.45) is 5.92 Å². The molecule has 0 atom stereocenters. The van der Waals surface area contributed by atoms with E-state index >= 15 is 0 Å². The van der Waals surface area contributed by atoms with E-state index in [1.165, 1.54) is 6.26 Å². The summed E-state index contributed by atoms with van der Waals surface area (Å²) in [6, 6.07) is 0. The first-order valence-corrected chi connectivity index (χ1v) is 8.22. The maximum absolute atomic E-state index is 11.9. The molecule has 104 valence electrons. The second kappa shape index (κ2) is 5.17. The van der Waals surface area contributed by atoms with Gasteiger partial charge in [-0.05, 0) is 19.8 Å². The van der Waals surface area contributed by atoms with Gasteiger partial charge in [0.1, 0.15) is 10.6 Å². The minimum atomic E-state index is -3.28. The first-order valence-electron chi connectivity index (χ1n) is 5.79. The summed E-state index contributed by atoms with van der Waals surface area (Å²) in [7, 11) is -3.28. The lowest BCUT2D eigenvalue weighted by molar-refractivity contribution is 0.469. The van der Waals surface area contributed by atoms with Crippen molar-refractivity contribution in [3.05, 3.63) is 11.6 Å². The van der Waals surface area contributed by atoms with E-state index in [1.54, 1.807) is 13.8 Å². The zero-order chi connectivity index (χ0) is 14.1. The molecule has 1 heterocycles. The van der Waals surface area contributed by atoms with E-state index in [1.807, 2.05) is 4.57 Å². The van der Waals surface area contributed by atoms with Gasteiger partial charge in [0, 0.05) is 12.8 Å². The summed E-state index contributed by atoms with van der Waals surface area (Å²) < 4.78 is 24.5. The predicted octanol–water partition coefficient (Wildman–Crippen LogP) is 1.95. The van der Waals surface area contributed by atoms with Crippen molar-refractivity contribution in [3.8, 4) is 0 Å². The highest BCUT2D eigenvalue weighted by Crippen LogP contribution is 2.28. The van der Waals surface area contributed by atoms with E-state index < -0.39 is 14.6 Å². The van der Waals surface area contributed by atoms with E-state index in [0.29, 0.717) is 24.1 Å². The van der Waals surface area contributed by atoms with Gasteiger partial charge < -0.3 is 4.57 Å². The summed E-state index contributed by atoms with van der Waals surface area (Å²) in [4.78, 5) is 0. The average molecular weight is 294 g/mol. The van der Waals surface area contributed by atoms with Gasteiger partial charge in [-0.2, -0.15) is 0 Å². The number of hydrogen-bond acceptors (Lipinski definition) is 4. The van der Waals surface area contributed by atoms with Crippen molar-refractivity contribution in [1.82, 2.24) is 14.8 Å². The topological polar surface area (TPSA) is 64.8 Å². The van der Waals surface area contributed by atoms with Crippen molar-refractivity contribution in [2.75, 3.05) is 6.26 Å². The summed E-state index contributed by atoms with van der Waals surface area (Å²) in [5, 5.41) is 8.01. The van der Waals surface area contributed by atoms with Crippen LogP contribution in [-0.2, 0) is 27.0 Å². The van der Waals surface area contributed by atoms with Crippen molar-refractivity contribution in [3.63, 3.8) is 0 Å². The van der Waals surface area contributed by atoms with Crippen LogP contribution in [0, 0.1) is 5.92 Å². The van der Waals surface area contributed by atoms with E-state index in [9.17, 15) is 8.42 Å². The minimum Gasteiger partial charge on any atom is -0.312 e. The predicted molar refractivity (Wildman–Crippen MR) is 72.3 cm³/mol. The highest BCUT2D eigenvalue weighted by Gasteiger charge is 2.38.